The summed E-state index contributed by atoms with van der Waals surface area (Å²) in [7, 11) is 0. The molecular weight excluding hydrogens is 204 g/mol. The number of halogens is 1. The fraction of sp³-hybridized carbons (Fsp3) is 0.250. The Balaban J connectivity index is 2.39. The first kappa shape index (κ1) is 7.87. The van der Waals surface area contributed by atoms with Crippen molar-refractivity contribution < 1.29 is 4.74 Å². The third-order valence-corrected chi connectivity index (χ3v) is 2.27. The molecule has 0 spiro atoms. The maximum absolute atomic E-state index is 5.84. The molecular formula is C8H7ClN4O. The second kappa shape index (κ2) is 2.75. The van der Waals surface area contributed by atoms with E-state index in [1.807, 2.05) is 0 Å². The van der Waals surface area contributed by atoms with Gasteiger partial charge in [0.2, 0.25) is 0 Å². The van der Waals surface area contributed by atoms with Crippen molar-refractivity contribution in [3.8, 4) is 5.75 Å². The van der Waals surface area contributed by atoms with Crippen molar-refractivity contribution in [2.75, 3.05) is 18.5 Å². The smallest absolute Gasteiger partial charge is 0.168 e. The fourth-order valence-corrected chi connectivity index (χ4v) is 1.70. The van der Waals surface area contributed by atoms with E-state index < -0.39 is 0 Å². The van der Waals surface area contributed by atoms with Crippen LogP contribution in [0.4, 0.5) is 5.82 Å². The lowest BCUT2D eigenvalue weighted by molar-refractivity contribution is 0.339. The van der Waals surface area contributed by atoms with Gasteiger partial charge >= 0.3 is 0 Å². The summed E-state index contributed by atoms with van der Waals surface area (Å²) in [5.74, 6) is 1.47. The molecule has 5 nitrogen and oxygen atoms in total. The third kappa shape index (κ3) is 1.02. The van der Waals surface area contributed by atoms with Crippen molar-refractivity contribution in [1.29, 1.82) is 0 Å². The zero-order valence-electron chi connectivity index (χ0n) is 7.20. The molecule has 0 aromatic carbocycles. The summed E-state index contributed by atoms with van der Waals surface area (Å²) in [6.07, 6.45) is 3.32. The van der Waals surface area contributed by atoms with Crippen LogP contribution in [-0.2, 0) is 0 Å². The van der Waals surface area contributed by atoms with Crippen LogP contribution in [-0.4, -0.2) is 27.7 Å². The van der Waals surface area contributed by atoms with Crippen LogP contribution < -0.4 is 10.1 Å². The molecule has 72 valence electrons. The molecule has 1 aliphatic rings. The molecule has 0 saturated heterocycles. The summed E-state index contributed by atoms with van der Waals surface area (Å²) in [6, 6.07) is 0. The number of nitrogens with one attached hydrogen (secondary N) is 1. The summed E-state index contributed by atoms with van der Waals surface area (Å²) >= 11 is 5.84. The zero-order chi connectivity index (χ0) is 9.54. The van der Waals surface area contributed by atoms with Crippen LogP contribution >= 0.6 is 11.6 Å². The van der Waals surface area contributed by atoms with Crippen molar-refractivity contribution in [2.45, 2.75) is 0 Å². The first-order chi connectivity index (χ1) is 6.84. The molecule has 3 rings (SSSR count). The molecule has 0 aliphatic carbocycles. The summed E-state index contributed by atoms with van der Waals surface area (Å²) in [4.78, 5) is 4.18. The highest BCUT2D eigenvalue weighted by Crippen LogP contribution is 2.28. The second-order valence-corrected chi connectivity index (χ2v) is 3.38. The molecule has 14 heavy (non-hydrogen) atoms. The van der Waals surface area contributed by atoms with Crippen molar-refractivity contribution in [1.82, 2.24) is 14.6 Å². The normalized spacial score (nSPS) is 14.6. The zero-order valence-corrected chi connectivity index (χ0v) is 7.95. The van der Waals surface area contributed by atoms with Crippen molar-refractivity contribution in [2.24, 2.45) is 0 Å². The first-order valence-corrected chi connectivity index (χ1v) is 4.63. The van der Waals surface area contributed by atoms with E-state index in [1.165, 1.54) is 0 Å². The molecule has 0 unspecified atom stereocenters. The Morgan fingerprint density at radius 1 is 1.57 bits per heavy atom. The van der Waals surface area contributed by atoms with Crippen molar-refractivity contribution in [3.63, 3.8) is 0 Å². The maximum Gasteiger partial charge on any atom is 0.168 e. The van der Waals surface area contributed by atoms with Gasteiger partial charge in [-0.1, -0.05) is 11.6 Å². The minimum absolute atomic E-state index is 0.413. The van der Waals surface area contributed by atoms with Crippen LogP contribution in [0.1, 0.15) is 0 Å². The van der Waals surface area contributed by atoms with Gasteiger partial charge in [0.15, 0.2) is 17.1 Å². The number of anilines is 1. The summed E-state index contributed by atoms with van der Waals surface area (Å²) in [5, 5.41) is 7.67. The predicted octanol–water partition coefficient (Wildman–Crippen LogP) is 1.19. The van der Waals surface area contributed by atoms with Gasteiger partial charge in [0.1, 0.15) is 11.8 Å². The van der Waals surface area contributed by atoms with Crippen molar-refractivity contribution in [3.05, 3.63) is 17.5 Å². The molecule has 0 saturated carbocycles. The Kier molecular flexibility index (Phi) is 1.55. The van der Waals surface area contributed by atoms with E-state index in [4.69, 9.17) is 16.3 Å². The largest absolute Gasteiger partial charge is 0.488 e. The molecule has 2 aromatic rings. The van der Waals surface area contributed by atoms with Gasteiger partial charge in [0.05, 0.1) is 18.9 Å². The quantitative estimate of drug-likeness (QED) is 0.710. The van der Waals surface area contributed by atoms with E-state index in [0.717, 1.165) is 23.6 Å². The van der Waals surface area contributed by atoms with Crippen molar-refractivity contribution >= 4 is 22.9 Å². The highest BCUT2D eigenvalue weighted by Gasteiger charge is 2.15. The average Bonchev–Trinajstić information content (AvgIpc) is 2.43. The summed E-state index contributed by atoms with van der Waals surface area (Å²) in [6.45, 7) is 1.33. The standard InChI is InChI=1S/C8H7ClN4O/c9-6-4-13-7-5(3-11-13)14-2-1-10-8(7)12-6/h3-4H,1-2H2,(H,10,12). The Morgan fingerprint density at radius 2 is 2.50 bits per heavy atom. The van der Waals surface area contributed by atoms with Gasteiger partial charge in [-0.15, -0.1) is 0 Å². The van der Waals surface area contributed by atoms with Gasteiger partial charge in [0, 0.05) is 0 Å². The van der Waals surface area contributed by atoms with Gasteiger partial charge in [0.25, 0.3) is 0 Å². The van der Waals surface area contributed by atoms with Gasteiger partial charge in [-0.05, 0) is 0 Å². The molecule has 1 aliphatic heterocycles. The monoisotopic (exact) mass is 210 g/mol. The number of nitrogens with zero attached hydrogens (tertiary/aromatic N) is 3. The van der Waals surface area contributed by atoms with E-state index >= 15 is 0 Å². The Labute approximate surface area is 84.6 Å². The van der Waals surface area contributed by atoms with Gasteiger partial charge in [-0.3, -0.25) is 0 Å². The van der Waals surface area contributed by atoms with Gasteiger partial charge in [-0.2, -0.15) is 5.10 Å². The lowest BCUT2D eigenvalue weighted by Gasteiger charge is -2.02. The minimum atomic E-state index is 0.413. The van der Waals surface area contributed by atoms with Crippen LogP contribution in [0.3, 0.4) is 0 Å². The Morgan fingerprint density at radius 3 is 3.43 bits per heavy atom. The van der Waals surface area contributed by atoms with E-state index in [0.29, 0.717) is 11.8 Å². The van der Waals surface area contributed by atoms with Gasteiger partial charge < -0.3 is 10.1 Å². The second-order valence-electron chi connectivity index (χ2n) is 2.99. The fourth-order valence-electron chi connectivity index (χ4n) is 1.52. The van der Waals surface area contributed by atoms with Crippen LogP contribution in [0.15, 0.2) is 12.4 Å². The summed E-state index contributed by atoms with van der Waals surface area (Å²) in [5.41, 5.74) is 0.840. The molecule has 0 radical (unpaired) electrons. The number of aromatic nitrogens is 3. The molecule has 0 fully saturated rings. The number of ether oxygens (including phenoxy) is 1. The van der Waals surface area contributed by atoms with Gasteiger partial charge in [-0.25, -0.2) is 9.50 Å². The van der Waals surface area contributed by atoms with Crippen LogP contribution in [0.25, 0.3) is 5.52 Å². The average molecular weight is 211 g/mol. The third-order valence-electron chi connectivity index (χ3n) is 2.09. The van der Waals surface area contributed by atoms with E-state index in [2.05, 4.69) is 15.4 Å². The van der Waals surface area contributed by atoms with E-state index in [1.54, 1.807) is 16.9 Å². The molecule has 3 heterocycles. The highest BCUT2D eigenvalue weighted by molar-refractivity contribution is 6.29. The van der Waals surface area contributed by atoms with Crippen LogP contribution in [0, 0.1) is 0 Å². The number of rotatable bonds is 0. The molecule has 0 bridgehead atoms. The SMILES string of the molecule is Clc1cn2ncc3c2c(n1)NCCO3. The molecule has 6 heteroatoms. The Bertz CT molecular complexity index is 495. The topological polar surface area (TPSA) is 51.5 Å². The van der Waals surface area contributed by atoms with E-state index in [9.17, 15) is 0 Å². The lowest BCUT2D eigenvalue weighted by Crippen LogP contribution is -2.09. The summed E-state index contributed by atoms with van der Waals surface area (Å²) < 4.78 is 7.14. The van der Waals surface area contributed by atoms with Crippen LogP contribution in [0.5, 0.6) is 5.75 Å². The number of hydrogen-bond donors (Lipinski definition) is 1. The number of hydrogen-bond acceptors (Lipinski definition) is 4. The van der Waals surface area contributed by atoms with Crippen LogP contribution in [0.2, 0.25) is 5.15 Å². The molecule has 0 atom stereocenters. The minimum Gasteiger partial charge on any atom is -0.488 e. The highest BCUT2D eigenvalue weighted by atomic mass is 35.5. The molecule has 1 N–H and O–H groups in total. The maximum atomic E-state index is 5.84. The predicted molar refractivity (Wildman–Crippen MR) is 52.0 cm³/mol. The molecule has 2 aromatic heterocycles. The lowest BCUT2D eigenvalue weighted by atomic mass is 10.4. The molecule has 0 amide bonds. The van der Waals surface area contributed by atoms with E-state index in [-0.39, 0.29) is 0 Å². The Hall–Kier alpha value is -1.49. The first-order valence-electron chi connectivity index (χ1n) is 4.25.